The van der Waals surface area contributed by atoms with E-state index in [-0.39, 0.29) is 17.9 Å². The first-order valence-electron chi connectivity index (χ1n) is 9.41. The summed E-state index contributed by atoms with van der Waals surface area (Å²) in [7, 11) is 0. The lowest BCUT2D eigenvalue weighted by Crippen LogP contribution is -2.22. The second-order valence-corrected chi connectivity index (χ2v) is 6.74. The number of halogens is 3. The van der Waals surface area contributed by atoms with Crippen molar-refractivity contribution in [3.8, 4) is 5.75 Å². The Balaban J connectivity index is 1.65. The van der Waals surface area contributed by atoms with Gasteiger partial charge in [-0.25, -0.2) is 14.5 Å². The van der Waals surface area contributed by atoms with Gasteiger partial charge in [0.2, 0.25) is 5.78 Å². The van der Waals surface area contributed by atoms with Crippen LogP contribution in [0.1, 0.15) is 34.2 Å². The zero-order valence-electron chi connectivity index (χ0n) is 16.8. The first-order valence-corrected chi connectivity index (χ1v) is 9.41. The number of ether oxygens (including phenoxy) is 1. The standard InChI is InChI=1S/C22H18F3N3O4/c1-14(21(30)31)32-18-10-4-15(5-11-18)3-2-12-28-20(26-13-27-28)19(29)16-6-8-17(9-7-16)22(23,24)25/h2-11,13-14H,12H2,1H3,(H,30,31)/b3-2+/t14-/m0/s1. The molecule has 166 valence electrons. The summed E-state index contributed by atoms with van der Waals surface area (Å²) in [5.41, 5.74) is 0.0331. The third-order valence-electron chi connectivity index (χ3n) is 4.42. The van der Waals surface area contributed by atoms with Gasteiger partial charge in [-0.1, -0.05) is 36.4 Å². The average Bonchev–Trinajstić information content (AvgIpc) is 3.22. The minimum atomic E-state index is -4.48. The molecule has 1 N–H and O–H groups in total. The molecular weight excluding hydrogens is 427 g/mol. The van der Waals surface area contributed by atoms with E-state index in [1.165, 1.54) is 17.9 Å². The van der Waals surface area contributed by atoms with Gasteiger partial charge in [-0.2, -0.15) is 18.3 Å². The van der Waals surface area contributed by atoms with E-state index in [1.807, 2.05) is 0 Å². The number of hydrogen-bond acceptors (Lipinski definition) is 5. The van der Waals surface area contributed by atoms with Gasteiger partial charge in [-0.15, -0.1) is 0 Å². The molecule has 0 fully saturated rings. The van der Waals surface area contributed by atoms with Crippen LogP contribution >= 0.6 is 0 Å². The van der Waals surface area contributed by atoms with Crippen LogP contribution in [-0.2, 0) is 17.5 Å². The van der Waals surface area contributed by atoms with Crippen molar-refractivity contribution in [3.63, 3.8) is 0 Å². The molecule has 1 heterocycles. The van der Waals surface area contributed by atoms with E-state index >= 15 is 0 Å². The number of ketones is 1. The average molecular weight is 445 g/mol. The molecule has 0 aliphatic carbocycles. The van der Waals surface area contributed by atoms with Crippen LogP contribution in [0.2, 0.25) is 0 Å². The number of benzene rings is 2. The Morgan fingerprint density at radius 3 is 2.38 bits per heavy atom. The fourth-order valence-corrected chi connectivity index (χ4v) is 2.71. The normalized spacial score (nSPS) is 12.6. The lowest BCUT2D eigenvalue weighted by Gasteiger charge is -2.10. The molecule has 0 aliphatic heterocycles. The van der Waals surface area contributed by atoms with Crippen LogP contribution in [-0.4, -0.2) is 37.7 Å². The SMILES string of the molecule is C[C@H](Oc1ccc(/C=C/Cn2ncnc2C(=O)c2ccc(C(F)(F)F)cc2)cc1)C(=O)O. The first kappa shape index (κ1) is 22.7. The number of aliphatic carboxylic acids is 1. The molecule has 0 bridgehead atoms. The Kier molecular flexibility index (Phi) is 6.72. The number of carboxylic acids is 1. The Morgan fingerprint density at radius 2 is 1.78 bits per heavy atom. The van der Waals surface area contributed by atoms with Gasteiger partial charge in [0.25, 0.3) is 0 Å². The molecule has 10 heteroatoms. The molecule has 1 aromatic heterocycles. The molecular formula is C22H18F3N3O4. The molecule has 0 aliphatic rings. The molecule has 2 aromatic carbocycles. The van der Waals surface area contributed by atoms with Crippen molar-refractivity contribution in [1.82, 2.24) is 14.8 Å². The summed E-state index contributed by atoms with van der Waals surface area (Å²) in [6.45, 7) is 1.63. The smallest absolute Gasteiger partial charge is 0.416 e. The molecule has 7 nitrogen and oxygen atoms in total. The molecule has 0 amide bonds. The maximum absolute atomic E-state index is 12.7. The van der Waals surface area contributed by atoms with Crippen molar-refractivity contribution in [2.45, 2.75) is 25.7 Å². The monoisotopic (exact) mass is 445 g/mol. The number of aromatic nitrogens is 3. The van der Waals surface area contributed by atoms with E-state index < -0.39 is 29.6 Å². The van der Waals surface area contributed by atoms with Crippen molar-refractivity contribution in [2.75, 3.05) is 0 Å². The van der Waals surface area contributed by atoms with Crippen LogP contribution in [0.3, 0.4) is 0 Å². The van der Waals surface area contributed by atoms with Crippen LogP contribution in [0.15, 0.2) is 60.9 Å². The number of allylic oxidation sites excluding steroid dienone is 1. The summed E-state index contributed by atoms with van der Waals surface area (Å²) in [6, 6.07) is 10.6. The third kappa shape index (κ3) is 5.60. The summed E-state index contributed by atoms with van der Waals surface area (Å²) in [4.78, 5) is 27.4. The molecule has 0 radical (unpaired) electrons. The topological polar surface area (TPSA) is 94.3 Å². The van der Waals surface area contributed by atoms with E-state index in [1.54, 1.807) is 36.4 Å². The summed E-state index contributed by atoms with van der Waals surface area (Å²) in [5.74, 6) is -1.19. The number of nitrogens with zero attached hydrogens (tertiary/aromatic N) is 3. The minimum Gasteiger partial charge on any atom is -0.479 e. The van der Waals surface area contributed by atoms with Gasteiger partial charge < -0.3 is 9.84 Å². The van der Waals surface area contributed by atoms with Crippen LogP contribution in [0, 0.1) is 0 Å². The largest absolute Gasteiger partial charge is 0.479 e. The Morgan fingerprint density at radius 1 is 1.12 bits per heavy atom. The summed E-state index contributed by atoms with van der Waals surface area (Å²) in [5, 5.41) is 12.9. The minimum absolute atomic E-state index is 0.000754. The van der Waals surface area contributed by atoms with Crippen molar-refractivity contribution in [2.24, 2.45) is 0 Å². The molecule has 0 saturated heterocycles. The number of carboxylic acid groups (broad SMARTS) is 1. The van der Waals surface area contributed by atoms with Crippen molar-refractivity contribution < 1.29 is 32.6 Å². The predicted molar refractivity (Wildman–Crippen MR) is 108 cm³/mol. The maximum Gasteiger partial charge on any atom is 0.416 e. The highest BCUT2D eigenvalue weighted by Gasteiger charge is 2.30. The highest BCUT2D eigenvalue weighted by molar-refractivity contribution is 6.06. The van der Waals surface area contributed by atoms with Gasteiger partial charge in [0.05, 0.1) is 12.1 Å². The van der Waals surface area contributed by atoms with E-state index in [9.17, 15) is 22.8 Å². The lowest BCUT2D eigenvalue weighted by molar-refractivity contribution is -0.144. The number of carbonyl (C=O) groups is 2. The highest BCUT2D eigenvalue weighted by Crippen LogP contribution is 2.29. The molecule has 0 unspecified atom stereocenters. The predicted octanol–water partition coefficient (Wildman–Crippen LogP) is 4.09. The lowest BCUT2D eigenvalue weighted by atomic mass is 10.1. The molecule has 0 saturated carbocycles. The molecule has 1 atom stereocenters. The summed E-state index contributed by atoms with van der Waals surface area (Å²) < 4.78 is 44.7. The van der Waals surface area contributed by atoms with E-state index in [2.05, 4.69) is 10.1 Å². The maximum atomic E-state index is 12.7. The van der Waals surface area contributed by atoms with Gasteiger partial charge in [-0.3, -0.25) is 4.79 Å². The first-order chi connectivity index (χ1) is 15.1. The molecule has 32 heavy (non-hydrogen) atoms. The van der Waals surface area contributed by atoms with Gasteiger partial charge in [0, 0.05) is 5.56 Å². The molecule has 0 spiro atoms. The second kappa shape index (κ2) is 9.46. The van der Waals surface area contributed by atoms with Gasteiger partial charge in [0.15, 0.2) is 11.9 Å². The fourth-order valence-electron chi connectivity index (χ4n) is 2.71. The summed E-state index contributed by atoms with van der Waals surface area (Å²) in [6.07, 6.45) is -0.761. The van der Waals surface area contributed by atoms with Crippen LogP contribution in [0.5, 0.6) is 5.75 Å². The third-order valence-corrected chi connectivity index (χ3v) is 4.42. The Labute approximate surface area is 180 Å². The van der Waals surface area contributed by atoms with Crippen molar-refractivity contribution >= 4 is 17.8 Å². The van der Waals surface area contributed by atoms with Gasteiger partial charge >= 0.3 is 12.1 Å². The quantitative estimate of drug-likeness (QED) is 0.525. The summed E-state index contributed by atoms with van der Waals surface area (Å²) >= 11 is 0. The zero-order chi connectivity index (χ0) is 23.3. The van der Waals surface area contributed by atoms with Gasteiger partial charge in [0.1, 0.15) is 12.1 Å². The van der Waals surface area contributed by atoms with Crippen LogP contribution < -0.4 is 4.74 Å². The van der Waals surface area contributed by atoms with E-state index in [0.717, 1.165) is 29.8 Å². The number of carbonyl (C=O) groups excluding carboxylic acids is 1. The van der Waals surface area contributed by atoms with Gasteiger partial charge in [-0.05, 0) is 36.8 Å². The van der Waals surface area contributed by atoms with Crippen LogP contribution in [0.25, 0.3) is 6.08 Å². The number of hydrogen-bond donors (Lipinski definition) is 1. The van der Waals surface area contributed by atoms with Crippen molar-refractivity contribution in [1.29, 1.82) is 0 Å². The van der Waals surface area contributed by atoms with E-state index in [4.69, 9.17) is 9.84 Å². The Hall–Kier alpha value is -3.95. The highest BCUT2D eigenvalue weighted by atomic mass is 19.4. The second-order valence-electron chi connectivity index (χ2n) is 6.74. The molecule has 3 rings (SSSR count). The van der Waals surface area contributed by atoms with E-state index in [0.29, 0.717) is 5.75 Å². The Bertz CT molecular complexity index is 1120. The molecule has 3 aromatic rings. The van der Waals surface area contributed by atoms with Crippen LogP contribution in [0.4, 0.5) is 13.2 Å². The fraction of sp³-hybridized carbons (Fsp3) is 0.182. The number of alkyl halides is 3. The van der Waals surface area contributed by atoms with Crippen molar-refractivity contribution in [3.05, 3.63) is 83.4 Å². The zero-order valence-corrected chi connectivity index (χ0v) is 16.8. The number of rotatable bonds is 8.